The predicted molar refractivity (Wildman–Crippen MR) is 162 cm³/mol. The van der Waals surface area contributed by atoms with Gasteiger partial charge in [0.05, 0.1) is 17.7 Å². The molecule has 0 unspecified atom stereocenters. The second kappa shape index (κ2) is 21.3. The SMILES string of the molecule is CCO.CCO.CCOC(=O)c1ccsc1-c1ccccc1.O=C(O)c1ccsc1-c1ccccc1.O=S(=O)(O)O. The Hall–Kier alpha value is -3.43. The third kappa shape index (κ3) is 16.4. The van der Waals surface area contributed by atoms with E-state index in [0.717, 1.165) is 20.9 Å². The van der Waals surface area contributed by atoms with E-state index in [1.54, 1.807) is 36.6 Å². The first-order valence-electron chi connectivity index (χ1n) is 12.0. The highest BCUT2D eigenvalue weighted by Crippen LogP contribution is 2.30. The molecular formula is C28H34O10S3. The third-order valence-electron chi connectivity index (χ3n) is 4.13. The third-order valence-corrected chi connectivity index (χ3v) is 6.06. The fourth-order valence-corrected chi connectivity index (χ4v) is 4.57. The standard InChI is InChI=1S/C13H12O2S.C11H8O2S.2C2H6O.H2O4S/c1-2-15-13(14)11-8-9-16-12(11)10-6-4-3-5-7-10;12-11(13)9-6-7-14-10(9)8-4-2-1-3-5-8;2*1-2-3;1-5(2,3)4/h3-9H,2H2,1H3;1-7H,(H,12,13);2*3H,2H2,1H3;(H2,1,2,3,4). The summed E-state index contributed by atoms with van der Waals surface area (Å²) in [5, 5.41) is 27.8. The van der Waals surface area contributed by atoms with Crippen molar-refractivity contribution in [2.24, 2.45) is 0 Å². The summed E-state index contributed by atoms with van der Waals surface area (Å²) < 4.78 is 36.6. The molecule has 0 atom stereocenters. The second-order valence-electron chi connectivity index (χ2n) is 7.16. The van der Waals surface area contributed by atoms with Gasteiger partial charge in [-0.15, -0.1) is 22.7 Å². The lowest BCUT2D eigenvalue weighted by Crippen LogP contribution is -2.04. The van der Waals surface area contributed by atoms with Crippen molar-refractivity contribution in [3.05, 3.63) is 94.7 Å². The van der Waals surface area contributed by atoms with Crippen molar-refractivity contribution in [2.45, 2.75) is 20.8 Å². The Balaban J connectivity index is 0.000000581. The average Bonchev–Trinajstić information content (AvgIpc) is 3.61. The summed E-state index contributed by atoms with van der Waals surface area (Å²) in [6.07, 6.45) is 0. The van der Waals surface area contributed by atoms with Gasteiger partial charge in [0.15, 0.2) is 0 Å². The molecule has 0 saturated heterocycles. The van der Waals surface area contributed by atoms with E-state index in [2.05, 4.69) is 0 Å². The van der Waals surface area contributed by atoms with E-state index < -0.39 is 16.4 Å². The number of benzene rings is 2. The maximum atomic E-state index is 11.7. The van der Waals surface area contributed by atoms with Gasteiger partial charge in [0, 0.05) is 23.0 Å². The van der Waals surface area contributed by atoms with Gasteiger partial charge in [-0.2, -0.15) is 8.42 Å². The van der Waals surface area contributed by atoms with Crippen molar-refractivity contribution in [1.82, 2.24) is 0 Å². The smallest absolute Gasteiger partial charge is 0.394 e. The number of carboxylic acid groups (broad SMARTS) is 1. The van der Waals surface area contributed by atoms with Crippen molar-refractivity contribution in [3.63, 3.8) is 0 Å². The number of aromatic carboxylic acids is 1. The first kappa shape index (κ1) is 37.6. The number of aliphatic hydroxyl groups is 2. The highest BCUT2D eigenvalue weighted by molar-refractivity contribution is 7.79. The number of hydrogen-bond acceptors (Lipinski definition) is 9. The number of esters is 1. The Morgan fingerprint density at radius 3 is 1.39 bits per heavy atom. The van der Waals surface area contributed by atoms with Crippen LogP contribution in [0.5, 0.6) is 0 Å². The molecule has 0 fully saturated rings. The molecule has 0 aliphatic heterocycles. The van der Waals surface area contributed by atoms with Gasteiger partial charge in [0.2, 0.25) is 0 Å². The van der Waals surface area contributed by atoms with E-state index in [1.165, 1.54) is 11.3 Å². The number of ether oxygens (including phenoxy) is 1. The summed E-state index contributed by atoms with van der Waals surface area (Å²) in [6.45, 7) is 6.08. The molecule has 13 heteroatoms. The summed E-state index contributed by atoms with van der Waals surface area (Å²) in [5.41, 5.74) is 3.04. The number of carbonyl (C=O) groups is 2. The number of hydrogen-bond donors (Lipinski definition) is 5. The highest BCUT2D eigenvalue weighted by Gasteiger charge is 2.15. The van der Waals surface area contributed by atoms with E-state index in [-0.39, 0.29) is 19.2 Å². The lowest BCUT2D eigenvalue weighted by molar-refractivity contribution is 0.0527. The zero-order valence-electron chi connectivity index (χ0n) is 22.7. The van der Waals surface area contributed by atoms with Crippen molar-refractivity contribution in [1.29, 1.82) is 0 Å². The van der Waals surface area contributed by atoms with Gasteiger partial charge >= 0.3 is 22.3 Å². The van der Waals surface area contributed by atoms with Crippen LogP contribution in [0.1, 0.15) is 41.5 Å². The molecule has 2 aromatic carbocycles. The minimum atomic E-state index is -4.67. The zero-order valence-corrected chi connectivity index (χ0v) is 25.2. The van der Waals surface area contributed by atoms with Crippen LogP contribution in [0.25, 0.3) is 20.9 Å². The lowest BCUT2D eigenvalue weighted by Gasteiger charge is -2.03. The summed E-state index contributed by atoms with van der Waals surface area (Å²) in [4.78, 5) is 24.3. The lowest BCUT2D eigenvalue weighted by atomic mass is 10.1. The van der Waals surface area contributed by atoms with Gasteiger partial charge < -0.3 is 20.1 Å². The fraction of sp³-hybridized carbons (Fsp3) is 0.214. The second-order valence-corrected chi connectivity index (χ2v) is 9.89. The first-order valence-corrected chi connectivity index (χ1v) is 15.2. The molecule has 41 heavy (non-hydrogen) atoms. The maximum absolute atomic E-state index is 11.7. The molecule has 0 amide bonds. The molecule has 2 aromatic heterocycles. The number of carbonyl (C=O) groups excluding carboxylic acids is 1. The molecule has 0 bridgehead atoms. The first-order chi connectivity index (χ1) is 19.4. The van der Waals surface area contributed by atoms with Gasteiger partial charge in [0.25, 0.3) is 0 Å². The number of carboxylic acids is 1. The van der Waals surface area contributed by atoms with Crippen LogP contribution in [-0.2, 0) is 15.1 Å². The van der Waals surface area contributed by atoms with Gasteiger partial charge in [0.1, 0.15) is 0 Å². The van der Waals surface area contributed by atoms with E-state index in [0.29, 0.717) is 17.7 Å². The molecule has 0 spiro atoms. The maximum Gasteiger partial charge on any atom is 0.394 e. The predicted octanol–water partition coefficient (Wildman–Crippen LogP) is 6.05. The Morgan fingerprint density at radius 2 is 1.05 bits per heavy atom. The van der Waals surface area contributed by atoms with Crippen LogP contribution in [0.4, 0.5) is 0 Å². The van der Waals surface area contributed by atoms with Crippen molar-refractivity contribution >= 4 is 45.0 Å². The minimum absolute atomic E-state index is 0.248. The van der Waals surface area contributed by atoms with Crippen molar-refractivity contribution in [2.75, 3.05) is 19.8 Å². The summed E-state index contributed by atoms with van der Waals surface area (Å²) in [5.74, 6) is -1.12. The molecule has 4 rings (SSSR count). The van der Waals surface area contributed by atoms with E-state index in [1.807, 2.05) is 79.0 Å². The Bertz CT molecular complexity index is 1360. The summed E-state index contributed by atoms with van der Waals surface area (Å²) >= 11 is 3.01. The molecule has 5 N–H and O–H groups in total. The quantitative estimate of drug-likeness (QED) is 0.129. The summed E-state index contributed by atoms with van der Waals surface area (Å²) in [6, 6.07) is 22.9. The van der Waals surface area contributed by atoms with Gasteiger partial charge in [-0.1, -0.05) is 60.7 Å². The van der Waals surface area contributed by atoms with Crippen LogP contribution in [0.15, 0.2) is 83.6 Å². The highest BCUT2D eigenvalue weighted by atomic mass is 32.3. The molecule has 224 valence electrons. The zero-order chi connectivity index (χ0) is 31.3. The molecular weight excluding hydrogens is 592 g/mol. The van der Waals surface area contributed by atoms with Gasteiger partial charge in [-0.25, -0.2) is 9.59 Å². The largest absolute Gasteiger partial charge is 0.478 e. The monoisotopic (exact) mass is 626 g/mol. The molecule has 0 radical (unpaired) electrons. The van der Waals surface area contributed by atoms with Crippen LogP contribution < -0.4 is 0 Å². The molecule has 2 heterocycles. The number of thiophene rings is 2. The van der Waals surface area contributed by atoms with Gasteiger partial charge in [-0.3, -0.25) is 9.11 Å². The molecule has 0 aliphatic rings. The van der Waals surface area contributed by atoms with Crippen molar-refractivity contribution < 1.29 is 47.2 Å². The minimum Gasteiger partial charge on any atom is -0.478 e. The topological polar surface area (TPSA) is 179 Å². The molecule has 10 nitrogen and oxygen atoms in total. The van der Waals surface area contributed by atoms with E-state index in [9.17, 15) is 9.59 Å². The Morgan fingerprint density at radius 1 is 0.707 bits per heavy atom. The fourth-order valence-electron chi connectivity index (χ4n) is 2.78. The van der Waals surface area contributed by atoms with Crippen LogP contribution in [0.2, 0.25) is 0 Å². The number of rotatable bonds is 5. The van der Waals surface area contributed by atoms with Crippen LogP contribution >= 0.6 is 22.7 Å². The van der Waals surface area contributed by atoms with E-state index in [4.69, 9.17) is 37.6 Å². The normalized spacial score (nSPS) is 9.63. The molecule has 4 aromatic rings. The Labute approximate surface area is 247 Å². The van der Waals surface area contributed by atoms with Gasteiger partial charge in [-0.05, 0) is 54.8 Å². The number of aliphatic hydroxyl groups excluding tert-OH is 2. The van der Waals surface area contributed by atoms with Crippen LogP contribution in [0, 0.1) is 0 Å². The summed E-state index contributed by atoms with van der Waals surface area (Å²) in [7, 11) is -4.67. The van der Waals surface area contributed by atoms with Crippen LogP contribution in [0.3, 0.4) is 0 Å². The van der Waals surface area contributed by atoms with E-state index >= 15 is 0 Å². The average molecular weight is 627 g/mol. The molecule has 0 saturated carbocycles. The van der Waals surface area contributed by atoms with Crippen molar-refractivity contribution in [3.8, 4) is 20.9 Å². The Kier molecular flexibility index (Phi) is 19.5. The van der Waals surface area contributed by atoms with Crippen LogP contribution in [-0.4, -0.2) is 64.6 Å². The molecule has 0 aliphatic carbocycles.